The van der Waals surface area contributed by atoms with Crippen molar-refractivity contribution in [3.05, 3.63) is 126 Å². The Morgan fingerprint density at radius 1 is 0.857 bits per heavy atom. The topological polar surface area (TPSA) is 79.7 Å². The number of Topliss-reactive ketones (excluding diaryl/α,β-unsaturated/α-hetero) is 1. The average Bonchev–Trinajstić information content (AvgIpc) is 3.15. The van der Waals surface area contributed by atoms with E-state index < -0.39 is 23.5 Å². The van der Waals surface area contributed by atoms with Gasteiger partial charge in [0.15, 0.2) is 0 Å². The second kappa shape index (κ2) is 9.23. The Kier molecular flexibility index (Phi) is 5.81. The van der Waals surface area contributed by atoms with E-state index in [1.165, 1.54) is 53.7 Å². The van der Waals surface area contributed by atoms with Crippen LogP contribution in [-0.4, -0.2) is 21.8 Å². The van der Waals surface area contributed by atoms with Crippen LogP contribution >= 0.6 is 0 Å². The maximum Gasteiger partial charge on any atom is 0.300 e. The quantitative estimate of drug-likeness (QED) is 0.234. The first-order chi connectivity index (χ1) is 17.0. The fourth-order valence-electron chi connectivity index (χ4n) is 4.08. The maximum absolute atomic E-state index is 14.1. The van der Waals surface area contributed by atoms with Crippen LogP contribution in [0, 0.1) is 5.82 Å². The summed E-state index contributed by atoms with van der Waals surface area (Å²) in [6, 6.07) is 23.5. The molecule has 0 bridgehead atoms. The van der Waals surface area contributed by atoms with Gasteiger partial charge in [0.05, 0.1) is 11.6 Å². The van der Waals surface area contributed by atoms with Gasteiger partial charge < -0.3 is 9.84 Å². The summed E-state index contributed by atoms with van der Waals surface area (Å²) in [5, 5.41) is 11.1. The number of hydrogen-bond donors (Lipinski definition) is 1. The fraction of sp³-hybridized carbons (Fsp3) is 0.0357. The predicted octanol–water partition coefficient (Wildman–Crippen LogP) is 5.64. The Bertz CT molecular complexity index is 1440. The third kappa shape index (κ3) is 4.27. The average molecular weight is 466 g/mol. The molecule has 2 heterocycles. The standard InChI is InChI=1S/C28H19FN2O4/c29-20-7-5-8-21(17-20)31-25(19-6-4-11-23(16-19)35-22-9-2-1-3-10-22)24(27(33)28(31)34)26(32)18-12-14-30-15-13-18/h1-17,25,32H/b26-24+. The number of nitrogens with zero attached hydrogens (tertiary/aromatic N) is 2. The van der Waals surface area contributed by atoms with E-state index in [9.17, 15) is 19.1 Å². The van der Waals surface area contributed by atoms with Gasteiger partial charge in [-0.3, -0.25) is 19.5 Å². The molecule has 0 spiro atoms. The molecule has 1 aromatic heterocycles. The first-order valence-corrected chi connectivity index (χ1v) is 10.8. The molecule has 3 aromatic carbocycles. The summed E-state index contributed by atoms with van der Waals surface area (Å²) in [5.74, 6) is -1.56. The zero-order valence-corrected chi connectivity index (χ0v) is 18.3. The van der Waals surface area contributed by atoms with Crippen LogP contribution in [-0.2, 0) is 9.59 Å². The molecular formula is C28H19FN2O4. The predicted molar refractivity (Wildman–Crippen MR) is 128 cm³/mol. The number of aliphatic hydroxyl groups excluding tert-OH is 1. The van der Waals surface area contributed by atoms with E-state index in [0.29, 0.717) is 22.6 Å². The number of rotatable bonds is 5. The van der Waals surface area contributed by atoms with E-state index >= 15 is 0 Å². The Labute approximate surface area is 200 Å². The largest absolute Gasteiger partial charge is 0.507 e. The van der Waals surface area contributed by atoms with Gasteiger partial charge in [-0.2, -0.15) is 0 Å². The molecule has 1 aliphatic heterocycles. The zero-order chi connectivity index (χ0) is 24.4. The van der Waals surface area contributed by atoms with Crippen molar-refractivity contribution in [1.82, 2.24) is 4.98 Å². The molecule has 5 rings (SSSR count). The Morgan fingerprint density at radius 2 is 1.57 bits per heavy atom. The van der Waals surface area contributed by atoms with Crippen LogP contribution in [0.1, 0.15) is 17.2 Å². The highest BCUT2D eigenvalue weighted by molar-refractivity contribution is 6.51. The maximum atomic E-state index is 14.1. The molecule has 1 amide bonds. The van der Waals surface area contributed by atoms with Gasteiger partial charge in [-0.05, 0) is 60.2 Å². The Hall–Kier alpha value is -4.78. The third-order valence-corrected chi connectivity index (χ3v) is 5.64. The van der Waals surface area contributed by atoms with Crippen molar-refractivity contribution in [2.75, 3.05) is 4.90 Å². The van der Waals surface area contributed by atoms with Crippen molar-refractivity contribution in [2.45, 2.75) is 6.04 Å². The summed E-state index contributed by atoms with van der Waals surface area (Å²) in [6.07, 6.45) is 2.95. The number of pyridine rings is 1. The van der Waals surface area contributed by atoms with Gasteiger partial charge in [-0.15, -0.1) is 0 Å². The van der Waals surface area contributed by atoms with Crippen molar-refractivity contribution in [3.8, 4) is 11.5 Å². The number of ketones is 1. The number of halogens is 1. The zero-order valence-electron chi connectivity index (χ0n) is 18.3. The molecule has 35 heavy (non-hydrogen) atoms. The number of amides is 1. The first-order valence-electron chi connectivity index (χ1n) is 10.8. The van der Waals surface area contributed by atoms with Crippen LogP contribution in [0.3, 0.4) is 0 Å². The van der Waals surface area contributed by atoms with Crippen LogP contribution in [0.5, 0.6) is 11.5 Å². The highest BCUT2D eigenvalue weighted by Crippen LogP contribution is 2.43. The van der Waals surface area contributed by atoms with E-state index in [1.807, 2.05) is 18.2 Å². The van der Waals surface area contributed by atoms with Gasteiger partial charge in [0, 0.05) is 23.6 Å². The molecule has 1 fully saturated rings. The summed E-state index contributed by atoms with van der Waals surface area (Å²) in [4.78, 5) is 31.5. The summed E-state index contributed by atoms with van der Waals surface area (Å²) >= 11 is 0. The lowest BCUT2D eigenvalue weighted by Gasteiger charge is -2.25. The van der Waals surface area contributed by atoms with Crippen molar-refractivity contribution < 1.29 is 23.8 Å². The highest BCUT2D eigenvalue weighted by atomic mass is 19.1. The number of benzene rings is 3. The molecule has 0 radical (unpaired) electrons. The van der Waals surface area contributed by atoms with E-state index in [1.54, 1.807) is 36.4 Å². The summed E-state index contributed by atoms with van der Waals surface area (Å²) in [5.41, 5.74) is 0.930. The molecule has 6 nitrogen and oxygen atoms in total. The van der Waals surface area contributed by atoms with Gasteiger partial charge in [-0.25, -0.2) is 4.39 Å². The van der Waals surface area contributed by atoms with Crippen molar-refractivity contribution in [3.63, 3.8) is 0 Å². The Morgan fingerprint density at radius 3 is 2.31 bits per heavy atom. The molecule has 1 saturated heterocycles. The Balaban J connectivity index is 1.67. The van der Waals surface area contributed by atoms with Gasteiger partial charge in [0.25, 0.3) is 11.7 Å². The summed E-state index contributed by atoms with van der Waals surface area (Å²) < 4.78 is 20.0. The monoisotopic (exact) mass is 466 g/mol. The van der Waals surface area contributed by atoms with Crippen molar-refractivity contribution in [1.29, 1.82) is 0 Å². The number of aromatic nitrogens is 1. The molecule has 4 aromatic rings. The second-order valence-electron chi connectivity index (χ2n) is 7.87. The van der Waals surface area contributed by atoms with Crippen LogP contribution in [0.25, 0.3) is 5.76 Å². The molecule has 172 valence electrons. The number of carbonyl (C=O) groups excluding carboxylic acids is 2. The van der Waals surface area contributed by atoms with E-state index in [2.05, 4.69) is 4.98 Å². The molecule has 1 N–H and O–H groups in total. The molecule has 1 unspecified atom stereocenters. The molecule has 7 heteroatoms. The minimum Gasteiger partial charge on any atom is -0.507 e. The summed E-state index contributed by atoms with van der Waals surface area (Å²) in [7, 11) is 0. The fourth-order valence-corrected chi connectivity index (χ4v) is 4.08. The number of carbonyl (C=O) groups is 2. The lowest BCUT2D eigenvalue weighted by molar-refractivity contribution is -0.132. The SMILES string of the molecule is O=C1C(=O)N(c2cccc(F)c2)C(c2cccc(Oc3ccccc3)c2)/C1=C(\O)c1ccncc1. The lowest BCUT2D eigenvalue weighted by atomic mass is 9.95. The second-order valence-corrected chi connectivity index (χ2v) is 7.87. The van der Waals surface area contributed by atoms with Gasteiger partial charge in [0.2, 0.25) is 0 Å². The third-order valence-electron chi connectivity index (χ3n) is 5.64. The van der Waals surface area contributed by atoms with Crippen LogP contribution in [0.4, 0.5) is 10.1 Å². The lowest BCUT2D eigenvalue weighted by Crippen LogP contribution is -2.29. The molecule has 1 atom stereocenters. The van der Waals surface area contributed by atoms with Crippen molar-refractivity contribution in [2.24, 2.45) is 0 Å². The number of aliphatic hydroxyl groups is 1. The minimum atomic E-state index is -1.01. The summed E-state index contributed by atoms with van der Waals surface area (Å²) in [6.45, 7) is 0. The van der Waals surface area contributed by atoms with E-state index in [4.69, 9.17) is 4.74 Å². The highest BCUT2D eigenvalue weighted by Gasteiger charge is 2.47. The number of ether oxygens (including phenoxy) is 1. The molecule has 1 aliphatic rings. The first kappa shape index (κ1) is 22.0. The van der Waals surface area contributed by atoms with E-state index in [0.717, 1.165) is 0 Å². The van der Waals surface area contributed by atoms with Crippen LogP contribution in [0.2, 0.25) is 0 Å². The molecular weight excluding hydrogens is 447 g/mol. The van der Waals surface area contributed by atoms with Gasteiger partial charge in [0.1, 0.15) is 23.1 Å². The number of anilines is 1. The van der Waals surface area contributed by atoms with Gasteiger partial charge >= 0.3 is 0 Å². The van der Waals surface area contributed by atoms with Crippen molar-refractivity contribution >= 4 is 23.1 Å². The minimum absolute atomic E-state index is 0.109. The van der Waals surface area contributed by atoms with Gasteiger partial charge in [-0.1, -0.05) is 36.4 Å². The van der Waals surface area contributed by atoms with Crippen LogP contribution < -0.4 is 9.64 Å². The normalized spacial score (nSPS) is 16.9. The molecule has 0 saturated carbocycles. The van der Waals surface area contributed by atoms with E-state index in [-0.39, 0.29) is 17.0 Å². The van der Waals surface area contributed by atoms with Crippen LogP contribution in [0.15, 0.2) is 109 Å². The molecule has 0 aliphatic carbocycles. The smallest absolute Gasteiger partial charge is 0.300 e. The number of hydrogen-bond acceptors (Lipinski definition) is 5. The number of para-hydroxylation sites is 1.